The molecule has 0 aliphatic carbocycles. The topological polar surface area (TPSA) is 42.0 Å². The van der Waals surface area contributed by atoms with Gasteiger partial charge in [-0.15, -0.1) is 0 Å². The van der Waals surface area contributed by atoms with E-state index in [0.717, 1.165) is 16.6 Å². The van der Waals surface area contributed by atoms with E-state index < -0.39 is 0 Å². The predicted octanol–water partition coefficient (Wildman–Crippen LogP) is 4.08. The molecule has 0 radical (unpaired) electrons. The number of nitrogens with zero attached hydrogens (tertiary/aromatic N) is 1. The minimum Gasteiger partial charge on any atom is -0.351 e. The molecule has 3 nitrogen and oxygen atoms in total. The lowest BCUT2D eigenvalue weighted by atomic mass is 10.0. The Morgan fingerprint density at radius 3 is 2.57 bits per heavy atom. The molecule has 2 aromatic carbocycles. The number of carbonyl (C=O) groups is 1. The van der Waals surface area contributed by atoms with Crippen LogP contribution >= 0.6 is 0 Å². The second kappa shape index (κ2) is 6.61. The molecule has 0 bridgehead atoms. The summed E-state index contributed by atoms with van der Waals surface area (Å²) in [6.45, 7) is 4.64. The van der Waals surface area contributed by atoms with Gasteiger partial charge in [-0.1, -0.05) is 55.5 Å². The van der Waals surface area contributed by atoms with Crippen molar-refractivity contribution in [2.75, 3.05) is 6.54 Å². The predicted molar refractivity (Wildman–Crippen MR) is 93.7 cm³/mol. The number of hydrogen-bond acceptors (Lipinski definition) is 2. The van der Waals surface area contributed by atoms with Crippen molar-refractivity contribution in [3.63, 3.8) is 0 Å². The maximum atomic E-state index is 12.6. The second-order valence-electron chi connectivity index (χ2n) is 5.85. The smallest absolute Gasteiger partial charge is 0.252 e. The third-order valence-electron chi connectivity index (χ3n) is 4.03. The van der Waals surface area contributed by atoms with Crippen LogP contribution in [0.25, 0.3) is 10.9 Å². The molecular formula is C20H20N2O. The number of amides is 1. The zero-order chi connectivity index (χ0) is 16.2. The Bertz CT molecular complexity index is 827. The lowest BCUT2D eigenvalue weighted by Crippen LogP contribution is -2.27. The molecule has 1 N–H and O–H groups in total. The number of fused-ring (bicyclic) bond motifs is 1. The Kier molecular flexibility index (Phi) is 4.38. The van der Waals surface area contributed by atoms with Gasteiger partial charge in [0.1, 0.15) is 0 Å². The molecule has 0 fully saturated rings. The number of rotatable bonds is 4. The molecule has 3 rings (SSSR count). The molecular weight excluding hydrogens is 284 g/mol. The Morgan fingerprint density at radius 2 is 1.78 bits per heavy atom. The Hall–Kier alpha value is -2.68. The number of hydrogen-bond donors (Lipinski definition) is 1. The van der Waals surface area contributed by atoms with Crippen LogP contribution in [0.1, 0.15) is 34.5 Å². The molecule has 0 aliphatic rings. The highest BCUT2D eigenvalue weighted by Gasteiger charge is 2.13. The van der Waals surface area contributed by atoms with Gasteiger partial charge >= 0.3 is 0 Å². The first-order valence-corrected chi connectivity index (χ1v) is 7.84. The summed E-state index contributed by atoms with van der Waals surface area (Å²) in [6.07, 6.45) is 0. The van der Waals surface area contributed by atoms with E-state index in [9.17, 15) is 4.79 Å². The van der Waals surface area contributed by atoms with E-state index in [-0.39, 0.29) is 11.8 Å². The Labute approximate surface area is 136 Å². The molecule has 0 aliphatic heterocycles. The molecule has 3 heteroatoms. The van der Waals surface area contributed by atoms with E-state index >= 15 is 0 Å². The van der Waals surface area contributed by atoms with Crippen molar-refractivity contribution in [3.05, 3.63) is 77.5 Å². The summed E-state index contributed by atoms with van der Waals surface area (Å²) in [4.78, 5) is 17.1. The van der Waals surface area contributed by atoms with Crippen LogP contribution in [0.15, 0.2) is 60.7 Å². The summed E-state index contributed by atoms with van der Waals surface area (Å²) < 4.78 is 0. The lowest BCUT2D eigenvalue weighted by molar-refractivity contribution is 0.0953. The Morgan fingerprint density at radius 1 is 1.09 bits per heavy atom. The number of pyridine rings is 1. The van der Waals surface area contributed by atoms with Crippen molar-refractivity contribution in [2.45, 2.75) is 19.8 Å². The highest BCUT2D eigenvalue weighted by Crippen LogP contribution is 2.19. The molecule has 1 amide bonds. The van der Waals surface area contributed by atoms with Crippen LogP contribution in [0.2, 0.25) is 0 Å². The largest absolute Gasteiger partial charge is 0.351 e. The average molecular weight is 304 g/mol. The molecule has 3 aromatic rings. The van der Waals surface area contributed by atoms with Crippen LogP contribution in [0.3, 0.4) is 0 Å². The van der Waals surface area contributed by atoms with E-state index in [4.69, 9.17) is 0 Å². The van der Waals surface area contributed by atoms with Crippen molar-refractivity contribution >= 4 is 16.8 Å². The monoisotopic (exact) mass is 304 g/mol. The van der Waals surface area contributed by atoms with Crippen molar-refractivity contribution < 1.29 is 4.79 Å². The number of para-hydroxylation sites is 1. The minimum absolute atomic E-state index is 0.0468. The summed E-state index contributed by atoms with van der Waals surface area (Å²) in [5, 5.41) is 3.94. The minimum atomic E-state index is -0.0468. The number of carbonyl (C=O) groups excluding carboxylic acids is 1. The summed E-state index contributed by atoms with van der Waals surface area (Å²) in [7, 11) is 0. The van der Waals surface area contributed by atoms with Crippen LogP contribution in [0.5, 0.6) is 0 Å². The molecule has 0 spiro atoms. The van der Waals surface area contributed by atoms with Gasteiger partial charge in [-0.2, -0.15) is 0 Å². The zero-order valence-corrected chi connectivity index (χ0v) is 13.4. The molecule has 1 heterocycles. The van der Waals surface area contributed by atoms with Crippen LogP contribution in [-0.4, -0.2) is 17.4 Å². The van der Waals surface area contributed by atoms with E-state index in [0.29, 0.717) is 12.1 Å². The fourth-order valence-corrected chi connectivity index (χ4v) is 2.74. The number of nitrogens with one attached hydrogen (secondary N) is 1. The van der Waals surface area contributed by atoms with Gasteiger partial charge in [0.2, 0.25) is 0 Å². The summed E-state index contributed by atoms with van der Waals surface area (Å²) in [5.74, 6) is 0.226. The van der Waals surface area contributed by atoms with Crippen molar-refractivity contribution in [2.24, 2.45) is 0 Å². The fraction of sp³-hybridized carbons (Fsp3) is 0.200. The van der Waals surface area contributed by atoms with Gasteiger partial charge < -0.3 is 5.32 Å². The Balaban J connectivity index is 1.79. The van der Waals surface area contributed by atoms with Crippen LogP contribution in [0.4, 0.5) is 0 Å². The SMILES string of the molecule is Cc1cc(C(=O)NCC(C)c2ccccc2)c2ccccc2n1. The first-order valence-electron chi connectivity index (χ1n) is 7.84. The quantitative estimate of drug-likeness (QED) is 0.789. The van der Waals surface area contributed by atoms with Gasteiger partial charge in [0.05, 0.1) is 11.1 Å². The first kappa shape index (κ1) is 15.2. The van der Waals surface area contributed by atoms with Gasteiger partial charge in [0.25, 0.3) is 5.91 Å². The van der Waals surface area contributed by atoms with Gasteiger partial charge in [0, 0.05) is 17.6 Å². The van der Waals surface area contributed by atoms with Gasteiger partial charge in [0.15, 0.2) is 0 Å². The third kappa shape index (κ3) is 3.39. The molecule has 1 unspecified atom stereocenters. The standard InChI is InChI=1S/C20H20N2O/c1-14(16-8-4-3-5-9-16)13-21-20(23)18-12-15(2)22-19-11-7-6-10-17(18)19/h3-12,14H,13H2,1-2H3,(H,21,23). The van der Waals surface area contributed by atoms with Crippen LogP contribution in [-0.2, 0) is 0 Å². The molecule has 0 saturated carbocycles. The number of aryl methyl sites for hydroxylation is 1. The van der Waals surface area contributed by atoms with Crippen molar-refractivity contribution in [3.8, 4) is 0 Å². The van der Waals surface area contributed by atoms with Gasteiger partial charge in [-0.25, -0.2) is 0 Å². The molecule has 116 valence electrons. The van der Waals surface area contributed by atoms with E-state index in [1.165, 1.54) is 5.56 Å². The number of benzene rings is 2. The molecule has 0 saturated heterocycles. The van der Waals surface area contributed by atoms with Crippen LogP contribution < -0.4 is 5.32 Å². The average Bonchev–Trinajstić information content (AvgIpc) is 2.59. The van der Waals surface area contributed by atoms with Crippen molar-refractivity contribution in [1.82, 2.24) is 10.3 Å². The van der Waals surface area contributed by atoms with Crippen LogP contribution in [0, 0.1) is 6.92 Å². The maximum absolute atomic E-state index is 12.6. The second-order valence-corrected chi connectivity index (χ2v) is 5.85. The van der Waals surface area contributed by atoms with Crippen molar-refractivity contribution in [1.29, 1.82) is 0 Å². The van der Waals surface area contributed by atoms with E-state index in [2.05, 4.69) is 29.4 Å². The molecule has 1 atom stereocenters. The summed E-state index contributed by atoms with van der Waals surface area (Å²) in [6, 6.07) is 19.8. The molecule has 23 heavy (non-hydrogen) atoms. The normalized spacial score (nSPS) is 12.1. The zero-order valence-electron chi connectivity index (χ0n) is 13.4. The highest BCUT2D eigenvalue weighted by atomic mass is 16.1. The molecule has 1 aromatic heterocycles. The fourth-order valence-electron chi connectivity index (χ4n) is 2.74. The highest BCUT2D eigenvalue weighted by molar-refractivity contribution is 6.06. The maximum Gasteiger partial charge on any atom is 0.252 e. The van der Waals surface area contributed by atoms with E-state index in [1.54, 1.807) is 0 Å². The first-order chi connectivity index (χ1) is 11.1. The lowest BCUT2D eigenvalue weighted by Gasteiger charge is -2.14. The van der Waals surface area contributed by atoms with Gasteiger partial charge in [-0.05, 0) is 30.5 Å². The van der Waals surface area contributed by atoms with Gasteiger partial charge in [-0.3, -0.25) is 9.78 Å². The van der Waals surface area contributed by atoms with E-state index in [1.807, 2.05) is 55.5 Å². The third-order valence-corrected chi connectivity index (χ3v) is 4.03. The number of aromatic nitrogens is 1. The summed E-state index contributed by atoms with van der Waals surface area (Å²) >= 11 is 0. The summed E-state index contributed by atoms with van der Waals surface area (Å²) in [5.41, 5.74) is 3.62.